The first kappa shape index (κ1) is 19.9. The second kappa shape index (κ2) is 8.53. The van der Waals surface area contributed by atoms with E-state index in [1.54, 1.807) is 29.2 Å². The SMILES string of the molecule is Cc1ccccc1[C@@H]1CN(C(=O)c2ccco2)C[C@H]1C(=O)NCc1ccc(F)cc1. The molecule has 1 aliphatic rings. The Kier molecular flexibility index (Phi) is 5.65. The first-order valence-electron chi connectivity index (χ1n) is 9.93. The van der Waals surface area contributed by atoms with E-state index in [4.69, 9.17) is 4.42 Å². The van der Waals surface area contributed by atoms with Crippen LogP contribution in [0.1, 0.15) is 33.2 Å². The molecule has 4 rings (SSSR count). The predicted molar refractivity (Wildman–Crippen MR) is 110 cm³/mol. The van der Waals surface area contributed by atoms with Crippen LogP contribution < -0.4 is 5.32 Å². The van der Waals surface area contributed by atoms with Crippen molar-refractivity contribution in [2.45, 2.75) is 19.4 Å². The fourth-order valence-electron chi connectivity index (χ4n) is 4.03. The molecule has 1 aliphatic heterocycles. The second-order valence-electron chi connectivity index (χ2n) is 7.60. The van der Waals surface area contributed by atoms with Crippen LogP contribution in [0.5, 0.6) is 0 Å². The summed E-state index contributed by atoms with van der Waals surface area (Å²) in [5.41, 5.74) is 2.97. The van der Waals surface area contributed by atoms with Crippen molar-refractivity contribution in [3.05, 3.63) is 95.2 Å². The lowest BCUT2D eigenvalue weighted by molar-refractivity contribution is -0.125. The number of benzene rings is 2. The van der Waals surface area contributed by atoms with E-state index in [0.29, 0.717) is 19.6 Å². The summed E-state index contributed by atoms with van der Waals surface area (Å²) in [7, 11) is 0. The molecule has 0 radical (unpaired) electrons. The Morgan fingerprint density at radius 2 is 1.83 bits per heavy atom. The highest BCUT2D eigenvalue weighted by atomic mass is 19.1. The van der Waals surface area contributed by atoms with Gasteiger partial charge >= 0.3 is 0 Å². The lowest BCUT2D eigenvalue weighted by Crippen LogP contribution is -2.35. The molecule has 2 amide bonds. The quantitative estimate of drug-likeness (QED) is 0.699. The van der Waals surface area contributed by atoms with Crippen molar-refractivity contribution >= 4 is 11.8 Å². The molecular formula is C24H23FN2O3. The maximum absolute atomic E-state index is 13.1. The zero-order valence-electron chi connectivity index (χ0n) is 16.7. The zero-order valence-corrected chi connectivity index (χ0v) is 16.7. The number of carbonyl (C=O) groups is 2. The number of likely N-dealkylation sites (tertiary alicyclic amines) is 1. The van der Waals surface area contributed by atoms with Gasteiger partial charge in [0.25, 0.3) is 5.91 Å². The Hall–Kier alpha value is -3.41. The summed E-state index contributed by atoms with van der Waals surface area (Å²) in [5, 5.41) is 2.95. The summed E-state index contributed by atoms with van der Waals surface area (Å²) in [6, 6.07) is 17.3. The van der Waals surface area contributed by atoms with Gasteiger partial charge in [-0.1, -0.05) is 36.4 Å². The number of hydrogen-bond acceptors (Lipinski definition) is 3. The van der Waals surface area contributed by atoms with Crippen LogP contribution in [0.15, 0.2) is 71.3 Å². The molecule has 5 nitrogen and oxygen atoms in total. The number of nitrogens with zero attached hydrogens (tertiary/aromatic N) is 1. The second-order valence-corrected chi connectivity index (χ2v) is 7.60. The van der Waals surface area contributed by atoms with Gasteiger partial charge in [0.1, 0.15) is 5.82 Å². The minimum Gasteiger partial charge on any atom is -0.459 e. The highest BCUT2D eigenvalue weighted by Crippen LogP contribution is 2.35. The molecule has 1 fully saturated rings. The van der Waals surface area contributed by atoms with E-state index in [1.807, 2.05) is 31.2 Å². The Balaban J connectivity index is 1.54. The van der Waals surface area contributed by atoms with Crippen molar-refractivity contribution in [3.63, 3.8) is 0 Å². The Morgan fingerprint density at radius 1 is 1.07 bits per heavy atom. The third-order valence-electron chi connectivity index (χ3n) is 5.64. The topological polar surface area (TPSA) is 62.6 Å². The van der Waals surface area contributed by atoms with Gasteiger partial charge in [-0.2, -0.15) is 0 Å². The van der Waals surface area contributed by atoms with Gasteiger partial charge in [0.2, 0.25) is 5.91 Å². The van der Waals surface area contributed by atoms with Gasteiger partial charge < -0.3 is 14.6 Å². The van der Waals surface area contributed by atoms with Gasteiger partial charge in [0.05, 0.1) is 12.2 Å². The Bertz CT molecular complexity index is 1030. The predicted octanol–water partition coefficient (Wildman–Crippen LogP) is 3.90. The van der Waals surface area contributed by atoms with Crippen LogP contribution in [0, 0.1) is 18.7 Å². The summed E-state index contributed by atoms with van der Waals surface area (Å²) >= 11 is 0. The van der Waals surface area contributed by atoms with Crippen LogP contribution in [-0.2, 0) is 11.3 Å². The lowest BCUT2D eigenvalue weighted by Gasteiger charge is -2.20. The normalized spacial score (nSPS) is 18.4. The molecule has 0 bridgehead atoms. The van der Waals surface area contributed by atoms with E-state index < -0.39 is 0 Å². The van der Waals surface area contributed by atoms with Gasteiger partial charge in [0, 0.05) is 25.6 Å². The first-order valence-corrected chi connectivity index (χ1v) is 9.93. The first-order chi connectivity index (χ1) is 14.5. The average Bonchev–Trinajstić information content (AvgIpc) is 3.43. The molecule has 0 saturated carbocycles. The van der Waals surface area contributed by atoms with Crippen LogP contribution in [0.25, 0.3) is 0 Å². The molecule has 1 saturated heterocycles. The zero-order chi connectivity index (χ0) is 21.1. The summed E-state index contributed by atoms with van der Waals surface area (Å²) < 4.78 is 18.4. The van der Waals surface area contributed by atoms with E-state index in [9.17, 15) is 14.0 Å². The van der Waals surface area contributed by atoms with Gasteiger partial charge in [-0.05, 0) is 47.9 Å². The van der Waals surface area contributed by atoms with Crippen LogP contribution in [0.3, 0.4) is 0 Å². The maximum atomic E-state index is 13.1. The number of carbonyl (C=O) groups excluding carboxylic acids is 2. The lowest BCUT2D eigenvalue weighted by atomic mass is 9.86. The highest BCUT2D eigenvalue weighted by Gasteiger charge is 2.41. The van der Waals surface area contributed by atoms with Crippen molar-refractivity contribution < 1.29 is 18.4 Å². The van der Waals surface area contributed by atoms with Gasteiger partial charge in [0.15, 0.2) is 5.76 Å². The minimum atomic E-state index is -0.384. The summed E-state index contributed by atoms with van der Waals surface area (Å²) in [4.78, 5) is 27.6. The van der Waals surface area contributed by atoms with Crippen LogP contribution in [-0.4, -0.2) is 29.8 Å². The maximum Gasteiger partial charge on any atom is 0.289 e. The third kappa shape index (κ3) is 4.13. The number of amides is 2. The van der Waals surface area contributed by atoms with Crippen LogP contribution in [0.4, 0.5) is 4.39 Å². The summed E-state index contributed by atoms with van der Waals surface area (Å²) in [6.07, 6.45) is 1.47. The van der Waals surface area contributed by atoms with Gasteiger partial charge in [-0.25, -0.2) is 4.39 Å². The third-order valence-corrected chi connectivity index (χ3v) is 5.64. The molecule has 3 aromatic rings. The molecule has 2 atom stereocenters. The fraction of sp³-hybridized carbons (Fsp3) is 0.250. The summed E-state index contributed by atoms with van der Waals surface area (Å²) in [6.45, 7) is 3.08. The molecule has 6 heteroatoms. The summed E-state index contributed by atoms with van der Waals surface area (Å²) in [5.74, 6) is -0.878. The Morgan fingerprint density at radius 3 is 2.53 bits per heavy atom. The fourth-order valence-corrected chi connectivity index (χ4v) is 4.03. The molecule has 1 N–H and O–H groups in total. The van der Waals surface area contributed by atoms with Crippen LogP contribution >= 0.6 is 0 Å². The van der Waals surface area contributed by atoms with Gasteiger partial charge in [-0.3, -0.25) is 9.59 Å². The standard InChI is InChI=1S/C24H23FN2O3/c1-16-5-2-3-6-19(16)20-14-27(24(29)22-7-4-12-30-22)15-21(20)23(28)26-13-17-8-10-18(25)11-9-17/h2-12,20-21H,13-15H2,1H3,(H,26,28)/t20-,21+/m0/s1. The molecule has 0 aliphatic carbocycles. The van der Waals surface area contributed by atoms with Crippen molar-refractivity contribution in [1.82, 2.24) is 10.2 Å². The highest BCUT2D eigenvalue weighted by molar-refractivity contribution is 5.92. The Labute approximate surface area is 174 Å². The average molecular weight is 406 g/mol. The molecule has 154 valence electrons. The molecule has 2 aromatic carbocycles. The number of aryl methyl sites for hydroxylation is 1. The number of rotatable bonds is 5. The van der Waals surface area contributed by atoms with Crippen molar-refractivity contribution in [2.75, 3.05) is 13.1 Å². The van der Waals surface area contributed by atoms with E-state index in [-0.39, 0.29) is 35.2 Å². The number of halogens is 1. The van der Waals surface area contributed by atoms with E-state index in [1.165, 1.54) is 18.4 Å². The monoisotopic (exact) mass is 406 g/mol. The molecular weight excluding hydrogens is 383 g/mol. The van der Waals surface area contributed by atoms with Gasteiger partial charge in [-0.15, -0.1) is 0 Å². The minimum absolute atomic E-state index is 0.113. The number of furan rings is 1. The van der Waals surface area contributed by atoms with E-state index in [0.717, 1.165) is 16.7 Å². The molecule has 0 spiro atoms. The van der Waals surface area contributed by atoms with Crippen molar-refractivity contribution in [2.24, 2.45) is 5.92 Å². The largest absolute Gasteiger partial charge is 0.459 e. The van der Waals surface area contributed by atoms with Crippen LogP contribution in [0.2, 0.25) is 0 Å². The van der Waals surface area contributed by atoms with E-state index in [2.05, 4.69) is 5.32 Å². The smallest absolute Gasteiger partial charge is 0.289 e. The van der Waals surface area contributed by atoms with Crippen molar-refractivity contribution in [3.8, 4) is 0 Å². The molecule has 2 heterocycles. The van der Waals surface area contributed by atoms with Crippen molar-refractivity contribution in [1.29, 1.82) is 0 Å². The van der Waals surface area contributed by atoms with E-state index >= 15 is 0 Å². The number of nitrogens with one attached hydrogen (secondary N) is 1. The molecule has 0 unspecified atom stereocenters. The molecule has 30 heavy (non-hydrogen) atoms. The number of hydrogen-bond donors (Lipinski definition) is 1. The molecule has 1 aromatic heterocycles.